The third-order valence-electron chi connectivity index (χ3n) is 5.66. The molecule has 1 saturated heterocycles. The summed E-state index contributed by atoms with van der Waals surface area (Å²) < 4.78 is 10.8. The number of hydrogen-bond acceptors (Lipinski definition) is 5. The minimum Gasteiger partial charge on any atom is -0.497 e. The molecule has 9 heteroatoms. The number of benzene rings is 2. The van der Waals surface area contributed by atoms with Crippen LogP contribution in [0.3, 0.4) is 0 Å². The molecular weight excluding hydrogens is 443 g/mol. The van der Waals surface area contributed by atoms with Gasteiger partial charge in [0.25, 0.3) is 5.91 Å². The largest absolute Gasteiger partial charge is 0.497 e. The molecule has 1 spiro atoms. The first-order valence-corrected chi connectivity index (χ1v) is 10.7. The predicted molar refractivity (Wildman–Crippen MR) is 116 cm³/mol. The van der Waals surface area contributed by atoms with E-state index in [-0.39, 0.29) is 19.1 Å². The Morgan fingerprint density at radius 1 is 1.23 bits per heavy atom. The maximum atomic E-state index is 13.3. The molecule has 1 fully saturated rings. The van der Waals surface area contributed by atoms with Gasteiger partial charge in [-0.1, -0.05) is 29.3 Å². The second-order valence-electron chi connectivity index (χ2n) is 7.67. The summed E-state index contributed by atoms with van der Waals surface area (Å²) in [6.07, 6.45) is 0.949. The number of hydrogen-bond donors (Lipinski definition) is 2. The Bertz CT molecular complexity index is 1030. The Balaban J connectivity index is 1.49. The molecular formula is C22H22Cl2N2O5. The van der Waals surface area contributed by atoms with Gasteiger partial charge in [0.2, 0.25) is 0 Å². The van der Waals surface area contributed by atoms with E-state index in [1.807, 2.05) is 12.1 Å². The molecule has 31 heavy (non-hydrogen) atoms. The van der Waals surface area contributed by atoms with Crippen molar-refractivity contribution in [3.8, 4) is 11.5 Å². The molecule has 1 aliphatic carbocycles. The zero-order chi connectivity index (χ0) is 22.2. The maximum absolute atomic E-state index is 13.3. The highest BCUT2D eigenvalue weighted by Crippen LogP contribution is 2.41. The van der Waals surface area contributed by atoms with E-state index in [9.17, 15) is 14.7 Å². The third-order valence-corrected chi connectivity index (χ3v) is 6.21. The molecule has 2 N–H and O–H groups in total. The van der Waals surface area contributed by atoms with E-state index in [1.165, 1.54) is 6.07 Å². The van der Waals surface area contributed by atoms with Crippen LogP contribution in [0, 0.1) is 0 Å². The Hall–Kier alpha value is -2.48. The predicted octanol–water partition coefficient (Wildman–Crippen LogP) is 3.53. The molecule has 2 aromatic carbocycles. The molecule has 2 atom stereocenters. The van der Waals surface area contributed by atoms with E-state index in [0.29, 0.717) is 28.0 Å². The van der Waals surface area contributed by atoms with Crippen LogP contribution in [0.5, 0.6) is 11.5 Å². The highest BCUT2D eigenvalue weighted by molar-refractivity contribution is 6.34. The zero-order valence-corrected chi connectivity index (χ0v) is 18.4. The Morgan fingerprint density at radius 3 is 2.81 bits per heavy atom. The first kappa shape index (κ1) is 21.7. The number of nitrogens with zero attached hydrogens (tertiary/aromatic N) is 1. The fourth-order valence-corrected chi connectivity index (χ4v) is 4.51. The maximum Gasteiger partial charge on any atom is 0.325 e. The van der Waals surface area contributed by atoms with Crippen LogP contribution in [0.4, 0.5) is 4.79 Å². The molecule has 0 radical (unpaired) electrons. The number of urea groups is 1. The van der Waals surface area contributed by atoms with Crippen molar-refractivity contribution in [2.75, 3.05) is 20.3 Å². The number of halogens is 2. The van der Waals surface area contributed by atoms with Gasteiger partial charge in [0, 0.05) is 11.1 Å². The Labute approximate surface area is 189 Å². The average Bonchev–Trinajstić information content (AvgIpc) is 2.98. The number of β-amino-alcohol motifs (C(OH)–C–C–N with tert-alkyl or cyclic N) is 1. The van der Waals surface area contributed by atoms with Gasteiger partial charge >= 0.3 is 6.03 Å². The Morgan fingerprint density at radius 2 is 2.03 bits per heavy atom. The van der Waals surface area contributed by atoms with Crippen molar-refractivity contribution >= 4 is 35.1 Å². The quantitative estimate of drug-likeness (QED) is 0.638. The van der Waals surface area contributed by atoms with Gasteiger partial charge < -0.3 is 19.9 Å². The van der Waals surface area contributed by atoms with Crippen molar-refractivity contribution in [1.82, 2.24) is 10.2 Å². The van der Waals surface area contributed by atoms with E-state index < -0.39 is 17.7 Å². The van der Waals surface area contributed by atoms with Crippen molar-refractivity contribution in [2.45, 2.75) is 30.9 Å². The summed E-state index contributed by atoms with van der Waals surface area (Å²) in [4.78, 5) is 27.1. The third kappa shape index (κ3) is 4.05. The fourth-order valence-electron chi connectivity index (χ4n) is 4.18. The minimum absolute atomic E-state index is 0.155. The summed E-state index contributed by atoms with van der Waals surface area (Å²) in [7, 11) is 1.59. The number of fused-ring (bicyclic) bond motifs is 2. The van der Waals surface area contributed by atoms with Crippen molar-refractivity contribution in [1.29, 1.82) is 0 Å². The smallest absolute Gasteiger partial charge is 0.325 e. The van der Waals surface area contributed by atoms with Crippen molar-refractivity contribution in [2.24, 2.45) is 0 Å². The summed E-state index contributed by atoms with van der Waals surface area (Å²) in [6, 6.07) is 9.72. The molecule has 3 amide bonds. The number of amides is 3. The van der Waals surface area contributed by atoms with Gasteiger partial charge in [0.05, 0.1) is 18.7 Å². The number of carbonyl (C=O) groups is 2. The lowest BCUT2D eigenvalue weighted by atomic mass is 9.76. The zero-order valence-electron chi connectivity index (χ0n) is 16.9. The van der Waals surface area contributed by atoms with E-state index >= 15 is 0 Å². The summed E-state index contributed by atoms with van der Waals surface area (Å²) in [5.41, 5.74) is 0.630. The van der Waals surface area contributed by atoms with Crippen LogP contribution >= 0.6 is 23.2 Å². The molecule has 2 aromatic rings. The minimum atomic E-state index is -1.12. The SMILES string of the molecule is COc1ccc2c(c1)CCC[C@@]21NC(=O)N(C[C@H](O)COc2cc(Cl)ccc2Cl)C1=O. The fraction of sp³-hybridized carbons (Fsp3) is 0.364. The number of carbonyl (C=O) groups excluding carboxylic acids is 2. The van der Waals surface area contributed by atoms with Crippen LogP contribution in [0.2, 0.25) is 10.0 Å². The number of imide groups is 1. The topological polar surface area (TPSA) is 88.1 Å². The number of nitrogens with one attached hydrogen (secondary N) is 1. The number of rotatable bonds is 6. The molecule has 7 nitrogen and oxygen atoms in total. The van der Waals surface area contributed by atoms with Crippen molar-refractivity contribution in [3.05, 3.63) is 57.6 Å². The average molecular weight is 465 g/mol. The standard InChI is InChI=1S/C22H22Cl2N2O5/c1-30-16-5-6-17-13(9-16)3-2-8-22(17)20(28)26(21(29)25-22)11-15(27)12-31-19-10-14(23)4-7-18(19)24/h4-7,9-10,15,27H,2-3,8,11-12H2,1H3,(H,25,29)/t15-,22+/m0/s1. The van der Waals surface area contributed by atoms with Crippen LogP contribution in [0.25, 0.3) is 0 Å². The second kappa shape index (κ2) is 8.57. The van der Waals surface area contributed by atoms with Crippen LogP contribution in [-0.2, 0) is 16.8 Å². The second-order valence-corrected chi connectivity index (χ2v) is 8.51. The first-order chi connectivity index (χ1) is 14.8. The van der Waals surface area contributed by atoms with Gasteiger partial charge in [0.1, 0.15) is 29.7 Å². The molecule has 0 unspecified atom stereocenters. The van der Waals surface area contributed by atoms with Crippen LogP contribution in [-0.4, -0.2) is 48.3 Å². The van der Waals surface area contributed by atoms with E-state index in [1.54, 1.807) is 25.3 Å². The van der Waals surface area contributed by atoms with Crippen molar-refractivity contribution < 1.29 is 24.2 Å². The molecule has 4 rings (SSSR count). The van der Waals surface area contributed by atoms with E-state index in [0.717, 1.165) is 28.9 Å². The normalized spacial score (nSPS) is 21.1. The lowest BCUT2D eigenvalue weighted by Gasteiger charge is -2.33. The molecule has 0 bridgehead atoms. The van der Waals surface area contributed by atoms with Crippen molar-refractivity contribution in [3.63, 3.8) is 0 Å². The van der Waals surface area contributed by atoms with Gasteiger partial charge in [-0.25, -0.2) is 4.79 Å². The van der Waals surface area contributed by atoms with Gasteiger partial charge in [-0.15, -0.1) is 0 Å². The number of aliphatic hydroxyl groups is 1. The lowest BCUT2D eigenvalue weighted by Crippen LogP contribution is -2.47. The summed E-state index contributed by atoms with van der Waals surface area (Å²) in [5, 5.41) is 14.1. The molecule has 0 aromatic heterocycles. The number of methoxy groups -OCH3 is 1. The number of ether oxygens (including phenoxy) is 2. The van der Waals surface area contributed by atoms with Gasteiger partial charge in [-0.3, -0.25) is 9.69 Å². The molecule has 1 heterocycles. The van der Waals surface area contributed by atoms with Gasteiger partial charge in [-0.2, -0.15) is 0 Å². The Kier molecular flexibility index (Phi) is 6.01. The summed E-state index contributed by atoms with van der Waals surface area (Å²) in [6.45, 7) is -0.353. The number of aryl methyl sites for hydroxylation is 1. The van der Waals surface area contributed by atoms with Crippen LogP contribution in [0.1, 0.15) is 24.0 Å². The van der Waals surface area contributed by atoms with Gasteiger partial charge in [-0.05, 0) is 54.7 Å². The molecule has 1 aliphatic heterocycles. The summed E-state index contributed by atoms with van der Waals surface area (Å²) in [5.74, 6) is 0.650. The molecule has 0 saturated carbocycles. The van der Waals surface area contributed by atoms with Crippen LogP contribution in [0.15, 0.2) is 36.4 Å². The van der Waals surface area contributed by atoms with E-state index in [4.69, 9.17) is 32.7 Å². The highest BCUT2D eigenvalue weighted by Gasteiger charge is 2.54. The van der Waals surface area contributed by atoms with Crippen LogP contribution < -0.4 is 14.8 Å². The summed E-state index contributed by atoms with van der Waals surface area (Å²) >= 11 is 12.0. The lowest BCUT2D eigenvalue weighted by molar-refractivity contribution is -0.133. The molecule has 2 aliphatic rings. The van der Waals surface area contributed by atoms with Gasteiger partial charge in [0.15, 0.2) is 0 Å². The first-order valence-electron chi connectivity index (χ1n) is 9.91. The molecule has 164 valence electrons. The monoisotopic (exact) mass is 464 g/mol. The number of aliphatic hydroxyl groups excluding tert-OH is 1. The van der Waals surface area contributed by atoms with E-state index in [2.05, 4.69) is 5.32 Å². The highest BCUT2D eigenvalue weighted by atomic mass is 35.5.